The van der Waals surface area contributed by atoms with Gasteiger partial charge in [-0.3, -0.25) is 9.59 Å². The summed E-state index contributed by atoms with van der Waals surface area (Å²) in [5.74, 6) is -0.307. The van der Waals surface area contributed by atoms with E-state index in [0.29, 0.717) is 23.9 Å². The molecule has 0 atom stereocenters. The molecule has 5 heteroatoms. The average Bonchev–Trinajstić information content (AvgIpc) is 2.55. The standard InChI is InChI=1S/C20H23ClN2O2/c1-14(2)17-8-3-4-9-18(17)23-20(25)13-19(24)22-11-10-15-6-5-7-16(21)12-15/h3-9,12,14H,10-11,13H2,1-2H3,(H,22,24)(H,23,25). The fourth-order valence-electron chi connectivity index (χ4n) is 2.56. The number of hydrogen-bond acceptors (Lipinski definition) is 2. The molecule has 0 spiro atoms. The van der Waals surface area contributed by atoms with Gasteiger partial charge in [0.2, 0.25) is 11.8 Å². The van der Waals surface area contributed by atoms with E-state index in [1.807, 2.05) is 48.5 Å². The molecule has 25 heavy (non-hydrogen) atoms. The lowest BCUT2D eigenvalue weighted by atomic mass is 10.0. The van der Waals surface area contributed by atoms with Gasteiger partial charge in [-0.2, -0.15) is 0 Å². The fourth-order valence-corrected chi connectivity index (χ4v) is 2.77. The number of rotatable bonds is 7. The molecule has 0 aromatic heterocycles. The van der Waals surface area contributed by atoms with Crippen LogP contribution in [-0.2, 0) is 16.0 Å². The summed E-state index contributed by atoms with van der Waals surface area (Å²) in [7, 11) is 0. The molecule has 0 saturated carbocycles. The van der Waals surface area contributed by atoms with Crippen LogP contribution in [0, 0.1) is 0 Å². The molecule has 2 aromatic rings. The summed E-state index contributed by atoms with van der Waals surface area (Å²) in [4.78, 5) is 24.0. The summed E-state index contributed by atoms with van der Waals surface area (Å²) in [5.41, 5.74) is 2.86. The van der Waals surface area contributed by atoms with Crippen molar-refractivity contribution in [3.05, 3.63) is 64.7 Å². The molecule has 0 aliphatic heterocycles. The molecule has 0 saturated heterocycles. The molecule has 2 rings (SSSR count). The van der Waals surface area contributed by atoms with Gasteiger partial charge in [0.25, 0.3) is 0 Å². The predicted octanol–water partition coefficient (Wildman–Crippen LogP) is 4.15. The monoisotopic (exact) mass is 358 g/mol. The number of nitrogens with one attached hydrogen (secondary N) is 2. The molecule has 0 aliphatic carbocycles. The molecular formula is C20H23ClN2O2. The van der Waals surface area contributed by atoms with E-state index < -0.39 is 0 Å². The Morgan fingerprint density at radius 1 is 1.04 bits per heavy atom. The molecule has 0 radical (unpaired) electrons. The second kappa shape index (κ2) is 9.23. The van der Waals surface area contributed by atoms with E-state index in [2.05, 4.69) is 24.5 Å². The van der Waals surface area contributed by atoms with Crippen molar-refractivity contribution in [3.63, 3.8) is 0 Å². The lowest BCUT2D eigenvalue weighted by Crippen LogP contribution is -2.29. The smallest absolute Gasteiger partial charge is 0.233 e. The van der Waals surface area contributed by atoms with Crippen molar-refractivity contribution in [2.45, 2.75) is 32.6 Å². The minimum Gasteiger partial charge on any atom is -0.355 e. The molecular weight excluding hydrogens is 336 g/mol. The third-order valence-electron chi connectivity index (χ3n) is 3.80. The van der Waals surface area contributed by atoms with Crippen LogP contribution in [0.2, 0.25) is 5.02 Å². The van der Waals surface area contributed by atoms with Crippen LogP contribution in [0.5, 0.6) is 0 Å². The lowest BCUT2D eigenvalue weighted by molar-refractivity contribution is -0.126. The summed E-state index contributed by atoms with van der Waals surface area (Å²) in [6.07, 6.45) is 0.478. The van der Waals surface area contributed by atoms with Gasteiger partial charge in [-0.05, 0) is 41.7 Å². The first-order valence-corrected chi connectivity index (χ1v) is 8.73. The van der Waals surface area contributed by atoms with Crippen molar-refractivity contribution in [2.24, 2.45) is 0 Å². The van der Waals surface area contributed by atoms with Crippen LogP contribution in [0.3, 0.4) is 0 Å². The third-order valence-corrected chi connectivity index (χ3v) is 4.04. The Labute approximate surface area is 153 Å². The Morgan fingerprint density at radius 2 is 1.80 bits per heavy atom. The van der Waals surface area contributed by atoms with Gasteiger partial charge in [0.1, 0.15) is 6.42 Å². The minimum absolute atomic E-state index is 0.192. The van der Waals surface area contributed by atoms with E-state index in [-0.39, 0.29) is 18.2 Å². The molecule has 2 aromatic carbocycles. The van der Waals surface area contributed by atoms with Crippen LogP contribution in [0.1, 0.15) is 37.3 Å². The number of benzene rings is 2. The summed E-state index contributed by atoms with van der Waals surface area (Å²) in [6.45, 7) is 4.59. The Kier molecular flexibility index (Phi) is 7.02. The van der Waals surface area contributed by atoms with E-state index in [4.69, 9.17) is 11.6 Å². The van der Waals surface area contributed by atoms with E-state index in [1.165, 1.54) is 0 Å². The number of para-hydroxylation sites is 1. The summed E-state index contributed by atoms with van der Waals surface area (Å²) in [6, 6.07) is 15.1. The number of carbonyl (C=O) groups excluding carboxylic acids is 2. The molecule has 0 unspecified atom stereocenters. The maximum absolute atomic E-state index is 12.1. The second-order valence-corrected chi connectivity index (χ2v) is 6.63. The number of halogens is 1. The Bertz CT molecular complexity index is 744. The van der Waals surface area contributed by atoms with Crippen molar-refractivity contribution in [2.75, 3.05) is 11.9 Å². The lowest BCUT2D eigenvalue weighted by Gasteiger charge is -2.13. The van der Waals surface area contributed by atoms with Gasteiger partial charge in [-0.25, -0.2) is 0 Å². The molecule has 0 fully saturated rings. The van der Waals surface area contributed by atoms with Crippen LogP contribution in [0.4, 0.5) is 5.69 Å². The van der Waals surface area contributed by atoms with Crippen molar-refractivity contribution in [3.8, 4) is 0 Å². The van der Waals surface area contributed by atoms with Gasteiger partial charge in [-0.15, -0.1) is 0 Å². The van der Waals surface area contributed by atoms with Gasteiger partial charge in [0, 0.05) is 17.3 Å². The van der Waals surface area contributed by atoms with Crippen LogP contribution >= 0.6 is 11.6 Å². The summed E-state index contributed by atoms with van der Waals surface area (Å²) in [5, 5.41) is 6.26. The molecule has 132 valence electrons. The van der Waals surface area contributed by atoms with Crippen molar-refractivity contribution in [1.82, 2.24) is 5.32 Å². The normalized spacial score (nSPS) is 10.6. The zero-order chi connectivity index (χ0) is 18.2. The average molecular weight is 359 g/mol. The van der Waals surface area contributed by atoms with Gasteiger partial charge in [0.05, 0.1) is 0 Å². The number of hydrogen-bond donors (Lipinski definition) is 2. The van der Waals surface area contributed by atoms with Gasteiger partial charge < -0.3 is 10.6 Å². The first-order valence-electron chi connectivity index (χ1n) is 8.35. The highest BCUT2D eigenvalue weighted by atomic mass is 35.5. The van der Waals surface area contributed by atoms with E-state index in [9.17, 15) is 9.59 Å². The largest absolute Gasteiger partial charge is 0.355 e. The van der Waals surface area contributed by atoms with Crippen molar-refractivity contribution in [1.29, 1.82) is 0 Å². The predicted molar refractivity (Wildman–Crippen MR) is 102 cm³/mol. The molecule has 0 aliphatic rings. The van der Waals surface area contributed by atoms with Crippen molar-refractivity contribution < 1.29 is 9.59 Å². The van der Waals surface area contributed by atoms with Gasteiger partial charge in [0.15, 0.2) is 0 Å². The minimum atomic E-state index is -0.312. The third kappa shape index (κ3) is 6.24. The SMILES string of the molecule is CC(C)c1ccccc1NC(=O)CC(=O)NCCc1cccc(Cl)c1. The highest BCUT2D eigenvalue weighted by Crippen LogP contribution is 2.23. The topological polar surface area (TPSA) is 58.2 Å². The van der Waals surface area contributed by atoms with E-state index in [0.717, 1.165) is 16.8 Å². The zero-order valence-corrected chi connectivity index (χ0v) is 15.3. The fraction of sp³-hybridized carbons (Fsp3) is 0.300. The summed E-state index contributed by atoms with van der Waals surface area (Å²) < 4.78 is 0. The molecule has 2 N–H and O–H groups in total. The Balaban J connectivity index is 1.79. The van der Waals surface area contributed by atoms with E-state index in [1.54, 1.807) is 0 Å². The number of carbonyl (C=O) groups is 2. The van der Waals surface area contributed by atoms with E-state index >= 15 is 0 Å². The first kappa shape index (κ1) is 19.0. The first-order chi connectivity index (χ1) is 12.0. The van der Waals surface area contributed by atoms with Crippen LogP contribution in [-0.4, -0.2) is 18.4 Å². The van der Waals surface area contributed by atoms with Crippen LogP contribution in [0.25, 0.3) is 0 Å². The highest BCUT2D eigenvalue weighted by Gasteiger charge is 2.12. The maximum Gasteiger partial charge on any atom is 0.233 e. The molecule has 2 amide bonds. The van der Waals surface area contributed by atoms with Crippen molar-refractivity contribution >= 4 is 29.1 Å². The molecule has 4 nitrogen and oxygen atoms in total. The second-order valence-electron chi connectivity index (χ2n) is 6.20. The van der Waals surface area contributed by atoms with Crippen LogP contribution < -0.4 is 10.6 Å². The number of anilines is 1. The van der Waals surface area contributed by atoms with Crippen LogP contribution in [0.15, 0.2) is 48.5 Å². The van der Waals surface area contributed by atoms with Gasteiger partial charge >= 0.3 is 0 Å². The maximum atomic E-state index is 12.1. The molecule has 0 bridgehead atoms. The van der Waals surface area contributed by atoms with Gasteiger partial charge in [-0.1, -0.05) is 55.8 Å². The quantitative estimate of drug-likeness (QED) is 0.730. The summed E-state index contributed by atoms with van der Waals surface area (Å²) >= 11 is 5.93. The zero-order valence-electron chi connectivity index (χ0n) is 14.5. The Hall–Kier alpha value is -2.33. The molecule has 0 heterocycles. The highest BCUT2D eigenvalue weighted by molar-refractivity contribution is 6.30. The Morgan fingerprint density at radius 3 is 2.52 bits per heavy atom. The number of amides is 2.